The van der Waals surface area contributed by atoms with Crippen molar-refractivity contribution in [1.82, 2.24) is 9.58 Å². The van der Waals surface area contributed by atoms with Gasteiger partial charge in [-0.15, -0.1) is 0 Å². The van der Waals surface area contributed by atoms with E-state index in [4.69, 9.17) is 0 Å². The van der Waals surface area contributed by atoms with E-state index >= 15 is 0 Å². The van der Waals surface area contributed by atoms with Crippen molar-refractivity contribution < 1.29 is 8.42 Å². The molecule has 0 spiro atoms. The van der Waals surface area contributed by atoms with Crippen molar-refractivity contribution in [3.05, 3.63) is 35.5 Å². The van der Waals surface area contributed by atoms with Crippen LogP contribution in [0.3, 0.4) is 0 Å². The topological polar surface area (TPSA) is 54.3 Å². The number of nitrogens with one attached hydrogen (secondary N) is 1. The van der Waals surface area contributed by atoms with Crippen molar-refractivity contribution in [3.63, 3.8) is 0 Å². The van der Waals surface area contributed by atoms with Crippen LogP contribution in [0.4, 0.5) is 0 Å². The van der Waals surface area contributed by atoms with Crippen molar-refractivity contribution in [2.45, 2.75) is 25.7 Å². The first-order valence-corrected chi connectivity index (χ1v) is 9.50. The molecule has 2 aromatic rings. The third-order valence-electron chi connectivity index (χ3n) is 4.41. The monoisotopic (exact) mass is 321 g/mol. The van der Waals surface area contributed by atoms with E-state index in [-0.39, 0.29) is 0 Å². The Morgan fingerprint density at radius 1 is 1.23 bits per heavy atom. The number of aryl methyl sites for hydroxylation is 1. The summed E-state index contributed by atoms with van der Waals surface area (Å²) in [6, 6.07) is 6.16. The summed E-state index contributed by atoms with van der Waals surface area (Å²) in [6.07, 6.45) is 5.37. The second-order valence-electron chi connectivity index (χ2n) is 6.42. The Morgan fingerprint density at radius 2 is 1.91 bits per heavy atom. The summed E-state index contributed by atoms with van der Waals surface area (Å²) in [7, 11) is -1.15. The fourth-order valence-electron chi connectivity index (χ4n) is 3.27. The zero-order valence-electron chi connectivity index (χ0n) is 13.3. The van der Waals surface area contributed by atoms with E-state index in [1.165, 1.54) is 17.4 Å². The van der Waals surface area contributed by atoms with E-state index in [1.807, 2.05) is 18.3 Å². The molecule has 2 heterocycles. The van der Waals surface area contributed by atoms with Gasteiger partial charge in [-0.25, -0.2) is 13.2 Å². The largest absolute Gasteiger partial charge is 0.306 e. The zero-order valence-corrected chi connectivity index (χ0v) is 14.2. The summed E-state index contributed by atoms with van der Waals surface area (Å²) in [6.45, 7) is 4.24. The normalized spacial score (nSPS) is 18.0. The Labute approximate surface area is 131 Å². The van der Waals surface area contributed by atoms with Crippen LogP contribution in [0.5, 0.6) is 0 Å². The molecular weight excluding hydrogens is 298 g/mol. The molecule has 3 rings (SSSR count). The number of sulfonamides is 1. The number of rotatable bonds is 3. The SMILES string of the molecule is Cc1ccc2c(c1)c(C1CCN(C)CC1)cn2NS(C)(=O)=O. The number of likely N-dealkylation sites (tertiary alicyclic amines) is 1. The molecule has 0 unspecified atom stereocenters. The van der Waals surface area contributed by atoms with Crippen LogP contribution in [-0.2, 0) is 10.0 Å². The molecule has 1 aliphatic rings. The summed E-state index contributed by atoms with van der Waals surface area (Å²) in [5, 5.41) is 1.16. The highest BCUT2D eigenvalue weighted by atomic mass is 32.2. The summed E-state index contributed by atoms with van der Waals surface area (Å²) in [5.41, 5.74) is 3.37. The van der Waals surface area contributed by atoms with Crippen LogP contribution in [0.1, 0.15) is 29.9 Å². The lowest BCUT2D eigenvalue weighted by Crippen LogP contribution is -2.29. The minimum Gasteiger partial charge on any atom is -0.306 e. The van der Waals surface area contributed by atoms with Crippen LogP contribution in [0, 0.1) is 6.92 Å². The highest BCUT2D eigenvalue weighted by Crippen LogP contribution is 2.34. The molecule has 0 aliphatic carbocycles. The molecule has 6 heteroatoms. The third-order valence-corrected chi connectivity index (χ3v) is 4.94. The number of fused-ring (bicyclic) bond motifs is 1. The molecule has 1 N–H and O–H groups in total. The Balaban J connectivity index is 2.07. The van der Waals surface area contributed by atoms with Gasteiger partial charge in [0.2, 0.25) is 10.0 Å². The maximum absolute atomic E-state index is 11.6. The van der Waals surface area contributed by atoms with Crippen LogP contribution < -0.4 is 4.83 Å². The molecule has 120 valence electrons. The van der Waals surface area contributed by atoms with Gasteiger partial charge in [-0.05, 0) is 63.5 Å². The molecular formula is C16H23N3O2S. The van der Waals surface area contributed by atoms with Gasteiger partial charge in [0.05, 0.1) is 11.8 Å². The van der Waals surface area contributed by atoms with E-state index in [9.17, 15) is 8.42 Å². The average molecular weight is 321 g/mol. The van der Waals surface area contributed by atoms with Crippen LogP contribution >= 0.6 is 0 Å². The Morgan fingerprint density at radius 3 is 2.55 bits per heavy atom. The lowest BCUT2D eigenvalue weighted by Gasteiger charge is -2.28. The Bertz CT molecular complexity index is 787. The quantitative estimate of drug-likeness (QED) is 0.943. The van der Waals surface area contributed by atoms with Crippen LogP contribution in [-0.4, -0.2) is 44.4 Å². The van der Waals surface area contributed by atoms with E-state index in [1.54, 1.807) is 4.68 Å². The maximum atomic E-state index is 11.6. The molecule has 22 heavy (non-hydrogen) atoms. The first-order valence-electron chi connectivity index (χ1n) is 7.61. The molecule has 0 bridgehead atoms. The molecule has 1 aromatic carbocycles. The second-order valence-corrected chi connectivity index (χ2v) is 8.14. The van der Waals surface area contributed by atoms with Gasteiger partial charge < -0.3 is 4.90 Å². The maximum Gasteiger partial charge on any atom is 0.243 e. The van der Waals surface area contributed by atoms with Crippen molar-refractivity contribution in [1.29, 1.82) is 0 Å². The van der Waals surface area contributed by atoms with Gasteiger partial charge in [0.25, 0.3) is 0 Å². The van der Waals surface area contributed by atoms with Gasteiger partial charge in [-0.2, -0.15) is 0 Å². The molecule has 1 aromatic heterocycles. The summed E-state index contributed by atoms with van der Waals surface area (Å²) in [4.78, 5) is 4.93. The smallest absolute Gasteiger partial charge is 0.243 e. The van der Waals surface area contributed by atoms with Gasteiger partial charge >= 0.3 is 0 Å². The van der Waals surface area contributed by atoms with Crippen molar-refractivity contribution in [2.24, 2.45) is 0 Å². The van der Waals surface area contributed by atoms with E-state index < -0.39 is 10.0 Å². The Hall–Kier alpha value is -1.53. The molecule has 0 saturated carbocycles. The number of piperidine rings is 1. The summed E-state index contributed by atoms with van der Waals surface area (Å²) in [5.74, 6) is 0.489. The number of aromatic nitrogens is 1. The van der Waals surface area contributed by atoms with E-state index in [0.717, 1.165) is 36.8 Å². The van der Waals surface area contributed by atoms with Crippen molar-refractivity contribution in [3.8, 4) is 0 Å². The van der Waals surface area contributed by atoms with Gasteiger partial charge in [0, 0.05) is 11.6 Å². The number of benzene rings is 1. The molecule has 1 aliphatic heterocycles. The van der Waals surface area contributed by atoms with Crippen LogP contribution in [0.2, 0.25) is 0 Å². The molecule has 0 atom stereocenters. The fourth-order valence-corrected chi connectivity index (χ4v) is 3.78. The predicted octanol–water partition coefficient (Wildman–Crippen LogP) is 2.26. The number of hydrogen-bond acceptors (Lipinski definition) is 3. The van der Waals surface area contributed by atoms with Crippen molar-refractivity contribution in [2.75, 3.05) is 31.2 Å². The van der Waals surface area contributed by atoms with Gasteiger partial charge in [0.1, 0.15) is 0 Å². The predicted molar refractivity (Wildman–Crippen MR) is 90.4 cm³/mol. The van der Waals surface area contributed by atoms with Crippen LogP contribution in [0.25, 0.3) is 10.9 Å². The fraction of sp³-hybridized carbons (Fsp3) is 0.500. The lowest BCUT2D eigenvalue weighted by atomic mass is 9.89. The standard InChI is InChI=1S/C16H23N3O2S/c1-12-4-5-16-14(10-12)15(11-19(16)17-22(3,20)21)13-6-8-18(2)9-7-13/h4-5,10-11,13,17H,6-9H2,1-3H3. The second kappa shape index (κ2) is 5.59. The lowest BCUT2D eigenvalue weighted by molar-refractivity contribution is 0.256. The van der Waals surface area contributed by atoms with E-state index in [0.29, 0.717) is 5.92 Å². The van der Waals surface area contributed by atoms with Crippen LogP contribution in [0.15, 0.2) is 24.4 Å². The average Bonchev–Trinajstić information content (AvgIpc) is 2.75. The number of nitrogens with zero attached hydrogens (tertiary/aromatic N) is 2. The number of hydrogen-bond donors (Lipinski definition) is 1. The molecule has 0 radical (unpaired) electrons. The first-order chi connectivity index (χ1) is 10.3. The van der Waals surface area contributed by atoms with Gasteiger partial charge in [0.15, 0.2) is 0 Å². The first kappa shape index (κ1) is 15.4. The minimum atomic E-state index is -3.30. The Kier molecular flexibility index (Phi) is 3.91. The van der Waals surface area contributed by atoms with Gasteiger partial charge in [-0.1, -0.05) is 11.6 Å². The molecule has 5 nitrogen and oxygen atoms in total. The molecule has 0 amide bonds. The highest BCUT2D eigenvalue weighted by Gasteiger charge is 2.23. The minimum absolute atomic E-state index is 0.489. The van der Waals surface area contributed by atoms with Gasteiger partial charge in [-0.3, -0.25) is 4.68 Å². The third kappa shape index (κ3) is 3.13. The molecule has 1 fully saturated rings. The highest BCUT2D eigenvalue weighted by molar-refractivity contribution is 7.91. The zero-order chi connectivity index (χ0) is 15.9. The summed E-state index contributed by atoms with van der Waals surface area (Å²) >= 11 is 0. The molecule has 1 saturated heterocycles. The van der Waals surface area contributed by atoms with E-state index in [2.05, 4.69) is 29.8 Å². The van der Waals surface area contributed by atoms with Crippen molar-refractivity contribution >= 4 is 20.9 Å². The summed E-state index contributed by atoms with van der Waals surface area (Å²) < 4.78 is 24.9.